The highest BCUT2D eigenvalue weighted by atomic mass is 31.2. The van der Waals surface area contributed by atoms with Crippen molar-refractivity contribution in [1.82, 2.24) is 24.4 Å². The van der Waals surface area contributed by atoms with E-state index in [1.165, 1.54) is 17.2 Å². The fourth-order valence-corrected chi connectivity index (χ4v) is 2.80. The molecule has 10 nitrogen and oxygen atoms in total. The second kappa shape index (κ2) is 8.17. The second-order valence-corrected chi connectivity index (χ2v) is 7.11. The fourth-order valence-electron chi connectivity index (χ4n) is 2.26. The normalized spacial score (nSPS) is 11.9. The van der Waals surface area contributed by atoms with E-state index in [-0.39, 0.29) is 18.3 Å². The van der Waals surface area contributed by atoms with Crippen LogP contribution < -0.4 is 5.56 Å². The van der Waals surface area contributed by atoms with Crippen LogP contribution in [0, 0.1) is 11.3 Å². The summed E-state index contributed by atoms with van der Waals surface area (Å²) in [7, 11) is -4.09. The minimum absolute atomic E-state index is 0.199. The second-order valence-electron chi connectivity index (χ2n) is 5.34. The Morgan fingerprint density at radius 3 is 2.83 bits per heavy atom. The summed E-state index contributed by atoms with van der Waals surface area (Å²) in [5, 5.41) is 8.61. The van der Waals surface area contributed by atoms with Crippen molar-refractivity contribution in [3.63, 3.8) is 0 Å². The van der Waals surface area contributed by atoms with Gasteiger partial charge in [0.2, 0.25) is 0 Å². The van der Waals surface area contributed by atoms with Crippen LogP contribution in [0.3, 0.4) is 0 Å². The van der Waals surface area contributed by atoms with Crippen molar-refractivity contribution in [3.8, 4) is 6.07 Å². The van der Waals surface area contributed by atoms with Gasteiger partial charge in [0.15, 0.2) is 11.2 Å². The summed E-state index contributed by atoms with van der Waals surface area (Å²) in [5.41, 5.74) is 0.428. The maximum absolute atomic E-state index is 12.2. The predicted molar refractivity (Wildman–Crippen MR) is 86.3 cm³/mol. The Kier molecular flexibility index (Phi) is 6.23. The van der Waals surface area contributed by atoms with Crippen molar-refractivity contribution >= 4 is 18.8 Å². The van der Waals surface area contributed by atoms with Crippen LogP contribution in [0.15, 0.2) is 17.4 Å². The summed E-state index contributed by atoms with van der Waals surface area (Å²) < 4.78 is 12.5. The van der Waals surface area contributed by atoms with Crippen LogP contribution in [-0.2, 0) is 11.1 Å². The SMILES string of the molecule is N#CCCCN(CCn1cnc2nc[nH]c2c1=O)CCP(=O)(O)O. The van der Waals surface area contributed by atoms with Crippen molar-refractivity contribution in [2.24, 2.45) is 0 Å². The Labute approximate surface area is 137 Å². The van der Waals surface area contributed by atoms with Crippen LogP contribution in [0.25, 0.3) is 11.2 Å². The number of imidazole rings is 1. The molecule has 0 fully saturated rings. The highest BCUT2D eigenvalue weighted by Crippen LogP contribution is 2.33. The van der Waals surface area contributed by atoms with E-state index in [9.17, 15) is 9.36 Å². The summed E-state index contributed by atoms with van der Waals surface area (Å²) in [6.45, 7) is 1.48. The molecule has 0 saturated carbocycles. The first-order chi connectivity index (χ1) is 11.4. The highest BCUT2D eigenvalue weighted by molar-refractivity contribution is 7.51. The van der Waals surface area contributed by atoms with E-state index in [0.29, 0.717) is 43.6 Å². The van der Waals surface area contributed by atoms with Crippen molar-refractivity contribution in [2.75, 3.05) is 25.8 Å². The van der Waals surface area contributed by atoms with Gasteiger partial charge in [0, 0.05) is 26.1 Å². The Hall–Kier alpha value is -2.05. The molecule has 2 heterocycles. The first-order valence-corrected chi connectivity index (χ1v) is 9.23. The predicted octanol–water partition coefficient (Wildman–Crippen LogP) is -0.0969. The first-order valence-electron chi connectivity index (χ1n) is 7.43. The van der Waals surface area contributed by atoms with E-state index in [1.807, 2.05) is 11.0 Å². The van der Waals surface area contributed by atoms with Crippen LogP contribution in [0.1, 0.15) is 12.8 Å². The molecular weight excluding hydrogens is 335 g/mol. The molecule has 0 aliphatic heterocycles. The highest BCUT2D eigenvalue weighted by Gasteiger charge is 2.16. The maximum Gasteiger partial charge on any atom is 0.326 e. The summed E-state index contributed by atoms with van der Waals surface area (Å²) >= 11 is 0. The van der Waals surface area contributed by atoms with Crippen molar-refractivity contribution in [3.05, 3.63) is 23.0 Å². The lowest BCUT2D eigenvalue weighted by Crippen LogP contribution is -2.34. The monoisotopic (exact) mass is 354 g/mol. The van der Waals surface area contributed by atoms with E-state index >= 15 is 0 Å². The molecule has 0 aromatic carbocycles. The zero-order valence-corrected chi connectivity index (χ0v) is 13.9. The van der Waals surface area contributed by atoms with Gasteiger partial charge >= 0.3 is 7.60 Å². The number of nitrogens with one attached hydrogen (secondary N) is 1. The van der Waals surface area contributed by atoms with Gasteiger partial charge < -0.3 is 19.7 Å². The number of hydrogen-bond acceptors (Lipinski definition) is 6. The van der Waals surface area contributed by atoms with E-state index in [1.54, 1.807) is 0 Å². The van der Waals surface area contributed by atoms with Gasteiger partial charge in [-0.1, -0.05) is 0 Å². The van der Waals surface area contributed by atoms with E-state index in [4.69, 9.17) is 15.0 Å². The average Bonchev–Trinajstić information content (AvgIpc) is 3.00. The number of aromatic nitrogens is 4. The van der Waals surface area contributed by atoms with E-state index in [2.05, 4.69) is 15.0 Å². The van der Waals surface area contributed by atoms with E-state index < -0.39 is 7.60 Å². The molecule has 0 bridgehead atoms. The molecule has 130 valence electrons. The molecular formula is C13H19N6O4P. The Morgan fingerprint density at radius 1 is 1.33 bits per heavy atom. The van der Waals surface area contributed by atoms with Crippen LogP contribution in [0.2, 0.25) is 0 Å². The molecule has 0 saturated heterocycles. The van der Waals surface area contributed by atoms with Gasteiger partial charge in [-0.25, -0.2) is 9.97 Å². The van der Waals surface area contributed by atoms with Crippen LogP contribution >= 0.6 is 7.60 Å². The molecule has 0 aliphatic rings. The number of unbranched alkanes of at least 4 members (excludes halogenated alkanes) is 1. The molecule has 0 amide bonds. The Balaban J connectivity index is 2.01. The molecule has 0 spiro atoms. The smallest absolute Gasteiger partial charge is 0.326 e. The van der Waals surface area contributed by atoms with Gasteiger partial charge in [-0.2, -0.15) is 5.26 Å². The average molecular weight is 354 g/mol. The quantitative estimate of drug-likeness (QED) is 0.418. The Bertz CT molecular complexity index is 820. The number of rotatable bonds is 9. The molecule has 0 unspecified atom stereocenters. The molecule has 2 rings (SSSR count). The summed E-state index contributed by atoms with van der Waals surface area (Å²) in [6.07, 6.45) is 3.52. The fraction of sp³-hybridized carbons (Fsp3) is 0.538. The lowest BCUT2D eigenvalue weighted by Gasteiger charge is -2.22. The van der Waals surface area contributed by atoms with Crippen molar-refractivity contribution in [1.29, 1.82) is 5.26 Å². The molecule has 2 aromatic rings. The van der Waals surface area contributed by atoms with Crippen LogP contribution in [0.5, 0.6) is 0 Å². The molecule has 0 aliphatic carbocycles. The molecule has 2 aromatic heterocycles. The first kappa shape index (κ1) is 18.3. The number of hydrogen-bond donors (Lipinski definition) is 3. The molecule has 3 N–H and O–H groups in total. The summed E-state index contributed by atoms with van der Waals surface area (Å²) in [6, 6.07) is 2.04. The number of H-pyrrole nitrogens is 1. The largest absolute Gasteiger partial charge is 0.339 e. The van der Waals surface area contributed by atoms with Gasteiger partial charge in [0.25, 0.3) is 5.56 Å². The molecule has 24 heavy (non-hydrogen) atoms. The third-order valence-corrected chi connectivity index (χ3v) is 4.32. The lowest BCUT2D eigenvalue weighted by atomic mass is 10.3. The Morgan fingerprint density at radius 2 is 2.12 bits per heavy atom. The van der Waals surface area contributed by atoms with Gasteiger partial charge in [-0.15, -0.1) is 0 Å². The van der Waals surface area contributed by atoms with Crippen LogP contribution in [0.4, 0.5) is 0 Å². The zero-order valence-electron chi connectivity index (χ0n) is 13.0. The van der Waals surface area contributed by atoms with Crippen LogP contribution in [-0.4, -0.2) is 60.0 Å². The topological polar surface area (TPSA) is 148 Å². The third kappa shape index (κ3) is 5.25. The van der Waals surface area contributed by atoms with Crippen molar-refractivity contribution < 1.29 is 14.4 Å². The van der Waals surface area contributed by atoms with Gasteiger partial charge in [0.05, 0.1) is 18.6 Å². The minimum atomic E-state index is -4.09. The number of fused-ring (bicyclic) bond motifs is 1. The molecule has 11 heteroatoms. The zero-order chi connectivity index (χ0) is 17.6. The lowest BCUT2D eigenvalue weighted by molar-refractivity contribution is 0.265. The third-order valence-electron chi connectivity index (χ3n) is 3.54. The number of nitriles is 1. The molecule has 0 atom stereocenters. The molecule has 0 radical (unpaired) electrons. The maximum atomic E-state index is 12.2. The minimum Gasteiger partial charge on any atom is -0.339 e. The number of nitrogens with zero attached hydrogens (tertiary/aromatic N) is 5. The van der Waals surface area contributed by atoms with Crippen molar-refractivity contribution in [2.45, 2.75) is 19.4 Å². The summed E-state index contributed by atoms with van der Waals surface area (Å²) in [5.74, 6) is 0. The van der Waals surface area contributed by atoms with E-state index in [0.717, 1.165) is 0 Å². The standard InChI is InChI=1S/C13H19N6O4P/c14-3-1-2-4-18(7-8-24(21,22)23)5-6-19-10-17-12-11(13(19)20)15-9-16-12/h9-10H,1-2,4-8H2,(H,15,16)(H2,21,22,23). The van der Waals surface area contributed by atoms with Gasteiger partial charge in [-0.3, -0.25) is 13.9 Å². The number of aromatic amines is 1. The summed E-state index contributed by atoms with van der Waals surface area (Å²) in [4.78, 5) is 42.8. The van der Waals surface area contributed by atoms with Gasteiger partial charge in [-0.05, 0) is 13.0 Å². The van der Waals surface area contributed by atoms with Gasteiger partial charge in [0.1, 0.15) is 6.33 Å².